The zero-order chi connectivity index (χ0) is 14.5. The van der Waals surface area contributed by atoms with Crippen LogP contribution >= 0.6 is 11.8 Å². The Bertz CT molecular complexity index is 608. The van der Waals surface area contributed by atoms with Gasteiger partial charge in [-0.25, -0.2) is 0 Å². The molecule has 4 nitrogen and oxygen atoms in total. The van der Waals surface area contributed by atoms with Gasteiger partial charge in [0.05, 0.1) is 28.6 Å². The highest BCUT2D eigenvalue weighted by Crippen LogP contribution is 2.23. The number of nitrogens with zero attached hydrogens (tertiary/aromatic N) is 2. The van der Waals surface area contributed by atoms with Crippen molar-refractivity contribution in [2.75, 3.05) is 12.4 Å². The maximum absolute atomic E-state index is 12.3. The maximum atomic E-state index is 12.3. The fourth-order valence-corrected chi connectivity index (χ4v) is 2.83. The second-order valence-electron chi connectivity index (χ2n) is 4.39. The van der Waals surface area contributed by atoms with Crippen LogP contribution in [0.5, 0.6) is 5.75 Å². The summed E-state index contributed by atoms with van der Waals surface area (Å²) in [6.07, 6.45) is 0. The largest absolute Gasteiger partial charge is 0.493 e. The van der Waals surface area contributed by atoms with E-state index in [9.17, 15) is 4.79 Å². The SMILES string of the molecule is CCOc1ccccc1C(=O)CSc1cc(C)nn1C. The second-order valence-corrected chi connectivity index (χ2v) is 5.38. The number of ether oxygens (including phenoxy) is 1. The number of hydrogen-bond acceptors (Lipinski definition) is 4. The van der Waals surface area contributed by atoms with Crippen LogP contribution in [0.1, 0.15) is 23.0 Å². The fraction of sp³-hybridized carbons (Fsp3) is 0.333. The molecule has 0 saturated heterocycles. The molecule has 0 amide bonds. The molecule has 20 heavy (non-hydrogen) atoms. The molecule has 106 valence electrons. The number of aryl methyl sites for hydroxylation is 2. The molecule has 0 fully saturated rings. The van der Waals surface area contributed by atoms with E-state index in [2.05, 4.69) is 5.10 Å². The highest BCUT2D eigenvalue weighted by molar-refractivity contribution is 7.99. The summed E-state index contributed by atoms with van der Waals surface area (Å²) in [7, 11) is 1.88. The Morgan fingerprint density at radius 2 is 2.15 bits per heavy atom. The van der Waals surface area contributed by atoms with E-state index in [1.54, 1.807) is 4.68 Å². The van der Waals surface area contributed by atoms with Gasteiger partial charge in [-0.3, -0.25) is 9.48 Å². The van der Waals surface area contributed by atoms with Crippen molar-refractivity contribution >= 4 is 17.5 Å². The predicted molar refractivity (Wildman–Crippen MR) is 80.6 cm³/mol. The molecule has 0 aliphatic rings. The minimum Gasteiger partial charge on any atom is -0.493 e. The maximum Gasteiger partial charge on any atom is 0.176 e. The number of aromatic nitrogens is 2. The molecule has 0 aliphatic heterocycles. The molecule has 0 aliphatic carbocycles. The Morgan fingerprint density at radius 3 is 2.80 bits per heavy atom. The number of hydrogen-bond donors (Lipinski definition) is 0. The molecule has 0 bridgehead atoms. The Labute approximate surface area is 123 Å². The number of carbonyl (C=O) groups excluding carboxylic acids is 1. The smallest absolute Gasteiger partial charge is 0.176 e. The highest BCUT2D eigenvalue weighted by Gasteiger charge is 2.13. The van der Waals surface area contributed by atoms with Crippen molar-refractivity contribution in [1.82, 2.24) is 9.78 Å². The summed E-state index contributed by atoms with van der Waals surface area (Å²) in [4.78, 5) is 12.3. The number of Topliss-reactive ketones (excluding diaryl/α,β-unsaturated/α-hetero) is 1. The molecule has 5 heteroatoms. The van der Waals surface area contributed by atoms with Crippen LogP contribution < -0.4 is 4.74 Å². The van der Waals surface area contributed by atoms with Gasteiger partial charge in [-0.15, -0.1) is 0 Å². The molecule has 1 heterocycles. The third kappa shape index (κ3) is 3.42. The van der Waals surface area contributed by atoms with Crippen molar-refractivity contribution in [3.63, 3.8) is 0 Å². The normalized spacial score (nSPS) is 10.6. The van der Waals surface area contributed by atoms with Crippen LogP contribution in [-0.2, 0) is 7.05 Å². The molecule has 0 radical (unpaired) electrons. The number of thioether (sulfide) groups is 1. The van der Waals surface area contributed by atoms with E-state index in [0.29, 0.717) is 23.7 Å². The topological polar surface area (TPSA) is 44.1 Å². The summed E-state index contributed by atoms with van der Waals surface area (Å²) in [5.41, 5.74) is 1.60. The number of para-hydroxylation sites is 1. The van der Waals surface area contributed by atoms with Crippen LogP contribution in [0.2, 0.25) is 0 Å². The van der Waals surface area contributed by atoms with E-state index >= 15 is 0 Å². The van der Waals surface area contributed by atoms with Gasteiger partial charge in [0.25, 0.3) is 0 Å². The van der Waals surface area contributed by atoms with E-state index in [1.807, 2.05) is 51.2 Å². The third-order valence-corrected chi connectivity index (χ3v) is 3.88. The summed E-state index contributed by atoms with van der Waals surface area (Å²) in [6.45, 7) is 4.41. The molecule has 1 aromatic carbocycles. The Kier molecular flexibility index (Phi) is 4.84. The fourth-order valence-electron chi connectivity index (χ4n) is 1.92. The summed E-state index contributed by atoms with van der Waals surface area (Å²) >= 11 is 1.49. The lowest BCUT2D eigenvalue weighted by Gasteiger charge is -2.08. The highest BCUT2D eigenvalue weighted by atomic mass is 32.2. The summed E-state index contributed by atoms with van der Waals surface area (Å²) in [5.74, 6) is 1.10. The Hall–Kier alpha value is -1.75. The number of benzene rings is 1. The van der Waals surface area contributed by atoms with E-state index in [4.69, 9.17) is 4.74 Å². The molecule has 0 saturated carbocycles. The molecule has 2 aromatic rings. The van der Waals surface area contributed by atoms with Crippen molar-refractivity contribution in [2.24, 2.45) is 7.05 Å². The molecule has 0 unspecified atom stereocenters. The van der Waals surface area contributed by atoms with Crippen LogP contribution in [0.25, 0.3) is 0 Å². The van der Waals surface area contributed by atoms with E-state index in [1.165, 1.54) is 11.8 Å². The first-order valence-electron chi connectivity index (χ1n) is 6.50. The first kappa shape index (κ1) is 14.7. The lowest BCUT2D eigenvalue weighted by atomic mass is 10.1. The molecular weight excluding hydrogens is 272 g/mol. The minimum absolute atomic E-state index is 0.0675. The van der Waals surface area contributed by atoms with Gasteiger partial charge in [-0.05, 0) is 32.0 Å². The number of rotatable bonds is 6. The average Bonchev–Trinajstić information content (AvgIpc) is 2.75. The van der Waals surface area contributed by atoms with Gasteiger partial charge in [0.1, 0.15) is 5.75 Å². The minimum atomic E-state index is 0.0675. The van der Waals surface area contributed by atoms with E-state index < -0.39 is 0 Å². The van der Waals surface area contributed by atoms with Crippen molar-refractivity contribution in [1.29, 1.82) is 0 Å². The standard InChI is InChI=1S/C15H18N2O2S/c1-4-19-14-8-6-5-7-12(14)13(18)10-20-15-9-11(2)16-17(15)3/h5-9H,4,10H2,1-3H3. The van der Waals surface area contributed by atoms with Crippen molar-refractivity contribution in [3.8, 4) is 5.75 Å². The summed E-state index contributed by atoms with van der Waals surface area (Å²) in [5, 5.41) is 5.26. The lowest BCUT2D eigenvalue weighted by Crippen LogP contribution is -2.06. The second kappa shape index (κ2) is 6.61. The molecule has 1 aromatic heterocycles. The van der Waals surface area contributed by atoms with Gasteiger partial charge < -0.3 is 4.74 Å². The number of ketones is 1. The predicted octanol–water partition coefficient (Wildman–Crippen LogP) is 3.10. The average molecular weight is 290 g/mol. The third-order valence-electron chi connectivity index (χ3n) is 2.80. The van der Waals surface area contributed by atoms with Crippen LogP contribution in [-0.4, -0.2) is 27.9 Å². The first-order valence-corrected chi connectivity index (χ1v) is 7.49. The van der Waals surface area contributed by atoms with Crippen LogP contribution in [0.15, 0.2) is 35.4 Å². The lowest BCUT2D eigenvalue weighted by molar-refractivity contribution is 0.101. The Balaban J connectivity index is 2.07. The van der Waals surface area contributed by atoms with E-state index in [-0.39, 0.29) is 5.78 Å². The molecule has 0 atom stereocenters. The van der Waals surface area contributed by atoms with Gasteiger partial charge in [-0.2, -0.15) is 5.10 Å². The monoisotopic (exact) mass is 290 g/mol. The first-order chi connectivity index (χ1) is 9.61. The summed E-state index contributed by atoms with van der Waals surface area (Å²) < 4.78 is 7.28. The molecule has 0 N–H and O–H groups in total. The summed E-state index contributed by atoms with van der Waals surface area (Å²) in [6, 6.07) is 9.35. The molecule has 2 rings (SSSR count). The van der Waals surface area contributed by atoms with Gasteiger partial charge in [0.15, 0.2) is 5.78 Å². The Morgan fingerprint density at radius 1 is 1.40 bits per heavy atom. The zero-order valence-corrected chi connectivity index (χ0v) is 12.7. The quantitative estimate of drug-likeness (QED) is 0.606. The van der Waals surface area contributed by atoms with Crippen LogP contribution in [0, 0.1) is 6.92 Å². The van der Waals surface area contributed by atoms with Crippen LogP contribution in [0.3, 0.4) is 0 Å². The molecular formula is C15H18N2O2S. The van der Waals surface area contributed by atoms with Crippen LogP contribution in [0.4, 0.5) is 0 Å². The van der Waals surface area contributed by atoms with Gasteiger partial charge in [-0.1, -0.05) is 23.9 Å². The molecule has 0 spiro atoms. The van der Waals surface area contributed by atoms with E-state index in [0.717, 1.165) is 10.7 Å². The zero-order valence-electron chi connectivity index (χ0n) is 11.9. The van der Waals surface area contributed by atoms with Gasteiger partial charge in [0.2, 0.25) is 0 Å². The van der Waals surface area contributed by atoms with Gasteiger partial charge >= 0.3 is 0 Å². The van der Waals surface area contributed by atoms with Crippen molar-refractivity contribution in [3.05, 3.63) is 41.6 Å². The van der Waals surface area contributed by atoms with Crippen molar-refractivity contribution < 1.29 is 9.53 Å². The van der Waals surface area contributed by atoms with Gasteiger partial charge in [0, 0.05) is 7.05 Å². The number of carbonyl (C=O) groups is 1. The van der Waals surface area contributed by atoms with Crippen molar-refractivity contribution in [2.45, 2.75) is 18.9 Å².